The Bertz CT molecular complexity index is 2240. The van der Waals surface area contributed by atoms with E-state index in [1.807, 2.05) is 0 Å². The van der Waals surface area contributed by atoms with Crippen molar-refractivity contribution < 1.29 is 78.9 Å². The number of ether oxygens (including phenoxy) is 1. The molecule has 1 fully saturated rings. The monoisotopic (exact) mass is 902 g/mol. The molecule has 0 aliphatic carbocycles. The zero-order valence-electron chi connectivity index (χ0n) is 31.2. The Labute approximate surface area is 336 Å². The summed E-state index contributed by atoms with van der Waals surface area (Å²) in [7, 11) is -14.8. The van der Waals surface area contributed by atoms with Crippen LogP contribution >= 0.6 is 0 Å². The highest BCUT2D eigenvalue weighted by Gasteiger charge is 2.64. The van der Waals surface area contributed by atoms with Gasteiger partial charge < -0.3 is 9.39 Å². The van der Waals surface area contributed by atoms with Gasteiger partial charge in [0.15, 0.2) is 0 Å². The van der Waals surface area contributed by atoms with Gasteiger partial charge in [0.25, 0.3) is 5.95 Å². The lowest BCUT2D eigenvalue weighted by molar-refractivity contribution is -0.145. The highest BCUT2D eigenvalue weighted by molar-refractivity contribution is 7.92. The highest BCUT2D eigenvalue weighted by atomic mass is 32.2. The highest BCUT2D eigenvalue weighted by Crippen LogP contribution is 2.52. The number of rotatable bonds is 9. The topological polar surface area (TPSA) is 93.2 Å². The van der Waals surface area contributed by atoms with Gasteiger partial charge in [-0.3, -0.25) is 0 Å². The zero-order chi connectivity index (χ0) is 45.0. The number of nitrogens with zero attached hydrogens (tertiary/aromatic N) is 2. The first kappa shape index (κ1) is 46.3. The summed E-state index contributed by atoms with van der Waals surface area (Å²) in [6.07, 6.45) is -21.4. The third-order valence-electron chi connectivity index (χ3n) is 8.70. The number of halogens is 12. The average Bonchev–Trinajstić information content (AvgIpc) is 3.49. The molecule has 23 heteroatoms. The van der Waals surface area contributed by atoms with E-state index in [4.69, 9.17) is 9.39 Å². The Morgan fingerprint density at radius 2 is 0.850 bits per heavy atom. The van der Waals surface area contributed by atoms with E-state index in [2.05, 4.69) is 0 Å². The minimum absolute atomic E-state index is 0.0843. The fourth-order valence-electron chi connectivity index (χ4n) is 6.22. The van der Waals surface area contributed by atoms with Gasteiger partial charge in [-0.25, -0.2) is 16.8 Å². The number of allylic oxidation sites excluding steroid dienone is 1. The maximum Gasteiger partial charge on any atom is 0.580 e. The Morgan fingerprint density at radius 1 is 0.550 bits per heavy atom. The Hall–Kier alpha value is -4.74. The lowest BCUT2D eigenvalue weighted by atomic mass is 9.95. The first-order valence-corrected chi connectivity index (χ1v) is 20.0. The summed E-state index contributed by atoms with van der Waals surface area (Å²) in [5, 5.41) is 0. The summed E-state index contributed by atoms with van der Waals surface area (Å²) in [5.41, 5.74) is -10.1. The van der Waals surface area contributed by atoms with Crippen molar-refractivity contribution in [2.75, 3.05) is 0 Å². The molecule has 4 aromatic rings. The Morgan fingerprint density at radius 3 is 1.10 bits per heavy atom. The minimum atomic E-state index is -5.97. The summed E-state index contributed by atoms with van der Waals surface area (Å²) in [5.74, 6) is -0.728. The molecule has 1 aliphatic heterocycles. The van der Waals surface area contributed by atoms with E-state index in [9.17, 15) is 52.7 Å². The lowest BCUT2D eigenvalue weighted by Crippen LogP contribution is -2.51. The van der Waals surface area contributed by atoms with Crippen molar-refractivity contribution in [1.29, 1.82) is 0 Å². The van der Waals surface area contributed by atoms with Crippen LogP contribution in [0, 0.1) is 0 Å². The zero-order valence-corrected chi connectivity index (χ0v) is 32.9. The van der Waals surface area contributed by atoms with E-state index in [-0.39, 0.29) is 56.0 Å². The second-order valence-corrected chi connectivity index (χ2v) is 17.8. The van der Waals surface area contributed by atoms with E-state index in [0.717, 1.165) is 6.08 Å². The summed E-state index contributed by atoms with van der Waals surface area (Å²) < 4.78 is 242. The van der Waals surface area contributed by atoms with Crippen molar-refractivity contribution in [2.45, 2.75) is 79.9 Å². The van der Waals surface area contributed by atoms with Gasteiger partial charge in [0.1, 0.15) is 5.60 Å². The number of sulfonamides is 2. The molecular formula is C37H31BF12N2O6S2. The SMILES string of the molecule is C/C=C(/OB1N(S(=O)(=O)c2cc(C(F)(F)F)cc(C(F)(F)F)c2)[C@H](c2ccccc2)[C@@H](c2ccccc2)N1S(=O)(=O)c1cc(C(F)(F)F)cc(C(F)(F)F)c1)OC(C)(C)C. The summed E-state index contributed by atoms with van der Waals surface area (Å²) in [6, 6.07) is 7.23. The summed E-state index contributed by atoms with van der Waals surface area (Å²) >= 11 is 0. The lowest BCUT2D eigenvalue weighted by Gasteiger charge is -2.30. The molecule has 1 aliphatic rings. The Kier molecular flexibility index (Phi) is 12.3. The molecule has 0 N–H and O–H groups in total. The average molecular weight is 903 g/mol. The molecule has 1 saturated heterocycles. The molecule has 0 saturated carbocycles. The van der Waals surface area contributed by atoms with Crippen molar-refractivity contribution in [1.82, 2.24) is 8.43 Å². The number of alkyl halides is 12. The van der Waals surface area contributed by atoms with Crippen LogP contribution in [0.25, 0.3) is 0 Å². The molecule has 5 rings (SSSR count). The van der Waals surface area contributed by atoms with Crippen molar-refractivity contribution >= 4 is 27.2 Å². The van der Waals surface area contributed by atoms with Gasteiger partial charge >= 0.3 is 31.9 Å². The molecule has 0 spiro atoms. The third-order valence-corrected chi connectivity index (χ3v) is 12.3. The van der Waals surface area contributed by atoms with Crippen LogP contribution < -0.4 is 0 Å². The third kappa shape index (κ3) is 9.73. The Balaban J connectivity index is 1.97. The fraction of sp³-hybridized carbons (Fsp3) is 0.297. The van der Waals surface area contributed by atoms with Crippen LogP contribution in [0.4, 0.5) is 52.7 Å². The van der Waals surface area contributed by atoms with E-state index < -0.39 is 108 Å². The number of hydrogen-bond donors (Lipinski definition) is 0. The number of hydrogen-bond acceptors (Lipinski definition) is 6. The molecule has 324 valence electrons. The van der Waals surface area contributed by atoms with E-state index >= 15 is 16.8 Å². The van der Waals surface area contributed by atoms with Crippen molar-refractivity contribution in [3.8, 4) is 0 Å². The fourth-order valence-corrected chi connectivity index (χ4v) is 9.70. The molecule has 4 aromatic carbocycles. The van der Waals surface area contributed by atoms with Crippen LogP contribution in [0.2, 0.25) is 0 Å². The van der Waals surface area contributed by atoms with E-state index in [0.29, 0.717) is 0 Å². The largest absolute Gasteiger partial charge is 0.580 e. The second-order valence-electron chi connectivity index (χ2n) is 14.1. The molecule has 60 heavy (non-hydrogen) atoms. The van der Waals surface area contributed by atoms with Crippen LogP contribution in [-0.4, -0.2) is 38.1 Å². The van der Waals surface area contributed by atoms with Crippen LogP contribution in [0.3, 0.4) is 0 Å². The maximum absolute atomic E-state index is 15.0. The van der Waals surface area contributed by atoms with Crippen LogP contribution in [0.15, 0.2) is 119 Å². The predicted octanol–water partition coefficient (Wildman–Crippen LogP) is 10.6. The van der Waals surface area contributed by atoms with Crippen LogP contribution in [-0.2, 0) is 54.1 Å². The minimum Gasteiger partial charge on any atom is -0.505 e. The molecule has 0 bridgehead atoms. The van der Waals surface area contributed by atoms with Crippen molar-refractivity contribution in [3.63, 3.8) is 0 Å². The molecule has 0 amide bonds. The van der Waals surface area contributed by atoms with Gasteiger partial charge in [-0.1, -0.05) is 60.7 Å². The van der Waals surface area contributed by atoms with Gasteiger partial charge in [-0.2, -0.15) is 61.1 Å². The quantitative estimate of drug-likeness (QED) is 0.0944. The molecule has 8 nitrogen and oxygen atoms in total. The smallest absolute Gasteiger partial charge is 0.505 e. The summed E-state index contributed by atoms with van der Waals surface area (Å²) in [6.45, 7) is 5.51. The van der Waals surface area contributed by atoms with Crippen molar-refractivity contribution in [2.24, 2.45) is 0 Å². The molecule has 0 unspecified atom stereocenters. The standard InChI is InChI=1S/C37H31BF12N2O6S2/c1-5-30(57-33(2,3)4)58-38-51(59(53,54)28-18-24(34(39,40)41)16-25(19-28)35(42,43)44)31(22-12-8-6-9-13-22)32(23-14-10-7-11-15-23)52(38)60(55,56)29-20-26(36(45,46)47)17-27(21-29)37(48,49)50/h5-21,31-32H,1-4H3/b30-5+/t31-,32-/m1/s1. The molecular weight excluding hydrogens is 871 g/mol. The molecule has 1 heterocycles. The van der Waals surface area contributed by atoms with Gasteiger partial charge in [0.05, 0.1) is 44.1 Å². The van der Waals surface area contributed by atoms with Crippen LogP contribution in [0.5, 0.6) is 0 Å². The predicted molar refractivity (Wildman–Crippen MR) is 191 cm³/mol. The maximum atomic E-state index is 15.0. The first-order valence-electron chi connectivity index (χ1n) is 17.2. The van der Waals surface area contributed by atoms with Crippen molar-refractivity contribution in [3.05, 3.63) is 142 Å². The van der Waals surface area contributed by atoms with Gasteiger partial charge in [0, 0.05) is 0 Å². The number of benzene rings is 4. The van der Waals surface area contributed by atoms with Gasteiger partial charge in [-0.05, 0) is 81.3 Å². The molecule has 2 atom stereocenters. The molecule has 0 aromatic heterocycles. The van der Waals surface area contributed by atoms with Gasteiger partial charge in [-0.15, -0.1) is 0 Å². The first-order chi connectivity index (χ1) is 27.4. The normalized spacial score (nSPS) is 18.2. The van der Waals surface area contributed by atoms with E-state index in [1.54, 1.807) is 0 Å². The summed E-state index contributed by atoms with van der Waals surface area (Å²) in [4.78, 5) is -3.38. The second kappa shape index (κ2) is 15.9. The van der Waals surface area contributed by atoms with Crippen LogP contribution in [0.1, 0.15) is 73.2 Å². The van der Waals surface area contributed by atoms with Gasteiger partial charge in [0.2, 0.25) is 20.0 Å². The van der Waals surface area contributed by atoms with E-state index in [1.165, 1.54) is 88.4 Å². The molecule has 0 radical (unpaired) electrons.